The third-order valence-electron chi connectivity index (χ3n) is 4.60. The molecule has 1 aromatic heterocycles. The van der Waals surface area contributed by atoms with Crippen molar-refractivity contribution in [1.82, 2.24) is 19.8 Å². The van der Waals surface area contributed by atoms with Crippen molar-refractivity contribution in [3.05, 3.63) is 23.8 Å². The third kappa shape index (κ3) is 2.39. The van der Waals surface area contributed by atoms with E-state index < -0.39 is 0 Å². The molecule has 2 heterocycles. The van der Waals surface area contributed by atoms with E-state index in [2.05, 4.69) is 9.97 Å². The molecule has 1 aliphatic carbocycles. The Kier molecular flexibility index (Phi) is 3.19. The molecule has 2 atom stereocenters. The standard InChI is InChI=1S/C15H20N4O2/c1-10-7-17-12(8-16-10)14(21)19-5-4-15(9-19)6-11(15)13(20)18(2)3/h7-8,11H,4-6,9H2,1-3H3/t11-,15+/m0/s1. The van der Waals surface area contributed by atoms with E-state index in [9.17, 15) is 9.59 Å². The number of carbonyl (C=O) groups excluding carboxylic acids is 2. The monoisotopic (exact) mass is 288 g/mol. The molecule has 1 aromatic rings. The van der Waals surface area contributed by atoms with Gasteiger partial charge in [0.15, 0.2) is 0 Å². The van der Waals surface area contributed by atoms with Crippen LogP contribution in [0.4, 0.5) is 0 Å². The first-order valence-electron chi connectivity index (χ1n) is 7.22. The second-order valence-corrected chi connectivity index (χ2v) is 6.37. The van der Waals surface area contributed by atoms with Crippen molar-refractivity contribution >= 4 is 11.8 Å². The number of likely N-dealkylation sites (tertiary alicyclic amines) is 1. The van der Waals surface area contributed by atoms with E-state index in [0.29, 0.717) is 18.8 Å². The Hall–Kier alpha value is -1.98. The Labute approximate surface area is 124 Å². The molecule has 2 amide bonds. The number of aryl methyl sites for hydroxylation is 1. The molecule has 0 aromatic carbocycles. The maximum Gasteiger partial charge on any atom is 0.274 e. The first kappa shape index (κ1) is 14.0. The second kappa shape index (κ2) is 4.79. The lowest BCUT2D eigenvalue weighted by molar-refractivity contribution is -0.130. The number of nitrogens with zero attached hydrogens (tertiary/aromatic N) is 4. The molecule has 0 N–H and O–H groups in total. The van der Waals surface area contributed by atoms with E-state index in [1.54, 1.807) is 25.2 Å². The van der Waals surface area contributed by atoms with Crippen LogP contribution >= 0.6 is 0 Å². The van der Waals surface area contributed by atoms with Crippen LogP contribution in [0.1, 0.15) is 29.0 Å². The van der Waals surface area contributed by atoms with Crippen molar-refractivity contribution in [1.29, 1.82) is 0 Å². The highest BCUT2D eigenvalue weighted by molar-refractivity contribution is 5.92. The molecular formula is C15H20N4O2. The highest BCUT2D eigenvalue weighted by Crippen LogP contribution is 2.59. The molecule has 1 saturated heterocycles. The number of aromatic nitrogens is 2. The van der Waals surface area contributed by atoms with Crippen LogP contribution in [0.3, 0.4) is 0 Å². The Morgan fingerprint density at radius 1 is 1.33 bits per heavy atom. The summed E-state index contributed by atoms with van der Waals surface area (Å²) in [6, 6.07) is 0. The van der Waals surface area contributed by atoms with Crippen LogP contribution in [0.15, 0.2) is 12.4 Å². The van der Waals surface area contributed by atoms with Gasteiger partial charge >= 0.3 is 0 Å². The van der Waals surface area contributed by atoms with E-state index in [1.807, 2.05) is 11.8 Å². The highest BCUT2D eigenvalue weighted by Gasteiger charge is 2.61. The van der Waals surface area contributed by atoms with E-state index in [1.165, 1.54) is 6.20 Å². The average Bonchev–Trinajstić information content (AvgIpc) is 2.98. The van der Waals surface area contributed by atoms with Crippen molar-refractivity contribution in [3.63, 3.8) is 0 Å². The first-order chi connectivity index (χ1) is 9.93. The zero-order valence-electron chi connectivity index (χ0n) is 12.7. The highest BCUT2D eigenvalue weighted by atomic mass is 16.2. The summed E-state index contributed by atoms with van der Waals surface area (Å²) >= 11 is 0. The van der Waals surface area contributed by atoms with Crippen LogP contribution in [0.25, 0.3) is 0 Å². The third-order valence-corrected chi connectivity index (χ3v) is 4.60. The van der Waals surface area contributed by atoms with Crippen molar-refractivity contribution in [2.75, 3.05) is 27.2 Å². The minimum atomic E-state index is -0.0812. The van der Waals surface area contributed by atoms with Gasteiger partial charge in [0.2, 0.25) is 5.91 Å². The predicted molar refractivity (Wildman–Crippen MR) is 76.5 cm³/mol. The summed E-state index contributed by atoms with van der Waals surface area (Å²) in [7, 11) is 3.57. The molecule has 112 valence electrons. The Bertz CT molecular complexity index is 584. The summed E-state index contributed by atoms with van der Waals surface area (Å²) in [5.41, 5.74) is 1.19. The van der Waals surface area contributed by atoms with Gasteiger partial charge in [0.25, 0.3) is 5.91 Å². The van der Waals surface area contributed by atoms with Crippen LogP contribution in [0.5, 0.6) is 0 Å². The summed E-state index contributed by atoms with van der Waals surface area (Å²) in [5.74, 6) is 0.177. The molecule has 3 rings (SSSR count). The van der Waals surface area contributed by atoms with Crippen molar-refractivity contribution in [2.24, 2.45) is 11.3 Å². The molecule has 6 heteroatoms. The van der Waals surface area contributed by atoms with Crippen LogP contribution in [-0.4, -0.2) is 58.8 Å². The van der Waals surface area contributed by atoms with Crippen LogP contribution < -0.4 is 0 Å². The molecule has 2 fully saturated rings. The molecule has 1 aliphatic heterocycles. The zero-order valence-corrected chi connectivity index (χ0v) is 12.7. The van der Waals surface area contributed by atoms with Crippen molar-refractivity contribution in [3.8, 4) is 0 Å². The zero-order chi connectivity index (χ0) is 15.2. The van der Waals surface area contributed by atoms with Gasteiger partial charge in [-0.3, -0.25) is 14.6 Å². The maximum atomic E-state index is 12.4. The first-order valence-corrected chi connectivity index (χ1v) is 7.22. The summed E-state index contributed by atoms with van der Waals surface area (Å²) in [6.45, 7) is 3.20. The molecule has 0 radical (unpaired) electrons. The second-order valence-electron chi connectivity index (χ2n) is 6.37. The quantitative estimate of drug-likeness (QED) is 0.804. The summed E-state index contributed by atoms with van der Waals surface area (Å²) in [6.07, 6.45) is 4.93. The summed E-state index contributed by atoms with van der Waals surface area (Å²) < 4.78 is 0. The molecule has 0 unspecified atom stereocenters. The lowest BCUT2D eigenvalue weighted by atomic mass is 10.0. The number of hydrogen-bond donors (Lipinski definition) is 0. The van der Waals surface area contributed by atoms with Gasteiger partial charge in [-0.05, 0) is 19.8 Å². The van der Waals surface area contributed by atoms with Crippen LogP contribution in [0.2, 0.25) is 0 Å². The molecular weight excluding hydrogens is 268 g/mol. The van der Waals surface area contributed by atoms with E-state index in [4.69, 9.17) is 0 Å². The van der Waals surface area contributed by atoms with Crippen LogP contribution in [-0.2, 0) is 4.79 Å². The molecule has 1 spiro atoms. The normalized spacial score (nSPS) is 27.0. The average molecular weight is 288 g/mol. The lowest BCUT2D eigenvalue weighted by Crippen LogP contribution is -2.31. The Balaban J connectivity index is 1.67. The Morgan fingerprint density at radius 2 is 2.10 bits per heavy atom. The molecule has 1 saturated carbocycles. The molecule has 21 heavy (non-hydrogen) atoms. The van der Waals surface area contributed by atoms with Gasteiger partial charge in [0, 0.05) is 44.7 Å². The number of carbonyl (C=O) groups is 2. The van der Waals surface area contributed by atoms with Gasteiger partial charge in [-0.1, -0.05) is 0 Å². The van der Waals surface area contributed by atoms with Gasteiger partial charge in [0.1, 0.15) is 5.69 Å². The van der Waals surface area contributed by atoms with E-state index >= 15 is 0 Å². The predicted octanol–water partition coefficient (Wildman–Crippen LogP) is 0.725. The largest absolute Gasteiger partial charge is 0.349 e. The topological polar surface area (TPSA) is 66.4 Å². The van der Waals surface area contributed by atoms with Gasteiger partial charge in [-0.25, -0.2) is 4.98 Å². The number of amides is 2. The van der Waals surface area contributed by atoms with E-state index in [0.717, 1.165) is 18.5 Å². The van der Waals surface area contributed by atoms with E-state index in [-0.39, 0.29) is 23.1 Å². The minimum absolute atomic E-state index is 0.00907. The number of hydrogen-bond acceptors (Lipinski definition) is 4. The fourth-order valence-corrected chi connectivity index (χ4v) is 3.19. The lowest BCUT2D eigenvalue weighted by Gasteiger charge is -2.17. The van der Waals surface area contributed by atoms with Crippen LogP contribution in [0, 0.1) is 18.3 Å². The summed E-state index contributed by atoms with van der Waals surface area (Å²) in [4.78, 5) is 36.2. The smallest absolute Gasteiger partial charge is 0.274 e. The van der Waals surface area contributed by atoms with Crippen molar-refractivity contribution < 1.29 is 9.59 Å². The SMILES string of the molecule is Cc1cnc(C(=O)N2CC[C@@]3(C[C@H]3C(=O)N(C)C)C2)cn1. The Morgan fingerprint density at radius 3 is 2.71 bits per heavy atom. The van der Waals surface area contributed by atoms with Gasteiger partial charge in [-0.2, -0.15) is 0 Å². The minimum Gasteiger partial charge on any atom is -0.349 e. The van der Waals surface area contributed by atoms with Gasteiger partial charge in [-0.15, -0.1) is 0 Å². The van der Waals surface area contributed by atoms with Gasteiger partial charge in [0.05, 0.1) is 11.9 Å². The fourth-order valence-electron chi connectivity index (χ4n) is 3.19. The fraction of sp³-hybridized carbons (Fsp3) is 0.600. The van der Waals surface area contributed by atoms with Gasteiger partial charge < -0.3 is 9.80 Å². The molecule has 2 aliphatic rings. The number of rotatable bonds is 2. The van der Waals surface area contributed by atoms with Crippen molar-refractivity contribution in [2.45, 2.75) is 19.8 Å². The maximum absolute atomic E-state index is 12.4. The molecule has 6 nitrogen and oxygen atoms in total. The molecule has 0 bridgehead atoms. The summed E-state index contributed by atoms with van der Waals surface area (Å²) in [5, 5.41) is 0.